The molecule has 0 saturated heterocycles. The van der Waals surface area contributed by atoms with Gasteiger partial charge in [-0.1, -0.05) is 44.0 Å². The highest BCUT2D eigenvalue weighted by molar-refractivity contribution is 9.10. The zero-order valence-electron chi connectivity index (χ0n) is 9.70. The summed E-state index contributed by atoms with van der Waals surface area (Å²) in [6, 6.07) is 8.14. The van der Waals surface area contributed by atoms with E-state index in [1.807, 2.05) is 12.1 Å². The first kappa shape index (κ1) is 15.2. The van der Waals surface area contributed by atoms with Crippen LogP contribution in [0.25, 0.3) is 0 Å². The maximum absolute atomic E-state index is 11.1. The van der Waals surface area contributed by atoms with Gasteiger partial charge in [0, 0.05) is 16.1 Å². The number of sulfone groups is 1. The first-order chi connectivity index (χ1) is 7.90. The standard InChI is InChI=1S/C12H16Br2O2S/c1-17(15,16)6-5-11(9-13)7-10-3-2-4-12(14)8-10/h2-4,8,11H,5-7,9H2,1H3. The quantitative estimate of drug-likeness (QED) is 0.705. The highest BCUT2D eigenvalue weighted by atomic mass is 79.9. The average Bonchev–Trinajstić information content (AvgIpc) is 2.23. The smallest absolute Gasteiger partial charge is 0.147 e. The molecule has 1 aromatic rings. The highest BCUT2D eigenvalue weighted by Gasteiger charge is 2.12. The summed E-state index contributed by atoms with van der Waals surface area (Å²) in [7, 11) is -2.86. The molecule has 0 bridgehead atoms. The van der Waals surface area contributed by atoms with Crippen molar-refractivity contribution in [2.45, 2.75) is 12.8 Å². The Morgan fingerprint density at radius 2 is 2.06 bits per heavy atom. The molecule has 1 aromatic carbocycles. The van der Waals surface area contributed by atoms with Crippen LogP contribution < -0.4 is 0 Å². The average molecular weight is 384 g/mol. The monoisotopic (exact) mass is 382 g/mol. The third-order valence-corrected chi connectivity index (χ3v) is 4.91. The molecule has 1 rings (SSSR count). The summed E-state index contributed by atoms with van der Waals surface area (Å²) < 4.78 is 23.3. The first-order valence-electron chi connectivity index (χ1n) is 5.39. The predicted molar refractivity (Wildman–Crippen MR) is 79.5 cm³/mol. The summed E-state index contributed by atoms with van der Waals surface area (Å²) in [6.45, 7) is 0. The van der Waals surface area contributed by atoms with Gasteiger partial charge in [0.05, 0.1) is 5.75 Å². The van der Waals surface area contributed by atoms with Crippen LogP contribution in [0.5, 0.6) is 0 Å². The van der Waals surface area contributed by atoms with E-state index in [1.54, 1.807) is 0 Å². The van der Waals surface area contributed by atoms with Gasteiger partial charge >= 0.3 is 0 Å². The first-order valence-corrected chi connectivity index (χ1v) is 9.36. The maximum atomic E-state index is 11.1. The fourth-order valence-electron chi connectivity index (χ4n) is 1.61. The molecule has 0 fully saturated rings. The second-order valence-corrected chi connectivity index (χ2v) is 8.10. The van der Waals surface area contributed by atoms with Crippen molar-refractivity contribution in [3.05, 3.63) is 34.3 Å². The number of hydrogen-bond acceptors (Lipinski definition) is 2. The van der Waals surface area contributed by atoms with Crippen LogP contribution in [0.2, 0.25) is 0 Å². The second kappa shape index (κ2) is 6.90. The molecule has 0 aliphatic heterocycles. The van der Waals surface area contributed by atoms with Crippen molar-refractivity contribution >= 4 is 41.7 Å². The van der Waals surface area contributed by atoms with Crippen LogP contribution in [0.3, 0.4) is 0 Å². The minimum atomic E-state index is -2.86. The molecule has 96 valence electrons. The molecule has 0 radical (unpaired) electrons. The molecule has 1 unspecified atom stereocenters. The molecular formula is C12H16Br2O2S. The molecular weight excluding hydrogens is 368 g/mol. The second-order valence-electron chi connectivity index (χ2n) is 4.27. The normalized spacial score (nSPS) is 13.6. The molecule has 0 spiro atoms. The molecule has 0 heterocycles. The van der Waals surface area contributed by atoms with Crippen LogP contribution >= 0.6 is 31.9 Å². The summed E-state index contributed by atoms with van der Waals surface area (Å²) in [5, 5.41) is 0.828. The van der Waals surface area contributed by atoms with Crippen LogP contribution in [0, 0.1) is 5.92 Å². The van der Waals surface area contributed by atoms with Gasteiger partial charge in [-0.25, -0.2) is 8.42 Å². The summed E-state index contributed by atoms with van der Waals surface area (Å²) in [4.78, 5) is 0. The van der Waals surface area contributed by atoms with Gasteiger partial charge in [-0.2, -0.15) is 0 Å². The van der Waals surface area contributed by atoms with Gasteiger partial charge in [-0.15, -0.1) is 0 Å². The van der Waals surface area contributed by atoms with Crippen LogP contribution in [-0.2, 0) is 16.3 Å². The topological polar surface area (TPSA) is 34.1 Å². The Balaban J connectivity index is 2.58. The van der Waals surface area contributed by atoms with Crippen molar-refractivity contribution in [1.29, 1.82) is 0 Å². The zero-order chi connectivity index (χ0) is 12.9. The molecule has 0 N–H and O–H groups in total. The lowest BCUT2D eigenvalue weighted by Gasteiger charge is -2.13. The number of halogens is 2. The lowest BCUT2D eigenvalue weighted by atomic mass is 9.99. The largest absolute Gasteiger partial charge is 0.229 e. The molecule has 0 aromatic heterocycles. The van der Waals surface area contributed by atoms with E-state index in [1.165, 1.54) is 11.8 Å². The van der Waals surface area contributed by atoms with Gasteiger partial charge in [0.25, 0.3) is 0 Å². The van der Waals surface area contributed by atoms with Crippen LogP contribution in [-0.4, -0.2) is 25.8 Å². The van der Waals surface area contributed by atoms with Crippen molar-refractivity contribution in [3.8, 4) is 0 Å². The Morgan fingerprint density at radius 1 is 1.35 bits per heavy atom. The summed E-state index contributed by atoms with van der Waals surface area (Å²) >= 11 is 6.89. The molecule has 0 aliphatic carbocycles. The molecule has 0 aliphatic rings. The van der Waals surface area contributed by atoms with Gasteiger partial charge < -0.3 is 0 Å². The van der Waals surface area contributed by atoms with Crippen molar-refractivity contribution in [2.24, 2.45) is 5.92 Å². The number of hydrogen-bond donors (Lipinski definition) is 0. The van der Waals surface area contributed by atoms with Crippen molar-refractivity contribution in [1.82, 2.24) is 0 Å². The summed E-state index contributed by atoms with van der Waals surface area (Å²) in [5.41, 5.74) is 1.23. The lowest BCUT2D eigenvalue weighted by molar-refractivity contribution is 0.555. The Hall–Kier alpha value is 0.130. The number of alkyl halides is 1. The van der Waals surface area contributed by atoms with E-state index in [0.717, 1.165) is 16.2 Å². The van der Waals surface area contributed by atoms with E-state index in [-0.39, 0.29) is 5.75 Å². The van der Waals surface area contributed by atoms with E-state index in [2.05, 4.69) is 44.0 Å². The fraction of sp³-hybridized carbons (Fsp3) is 0.500. The van der Waals surface area contributed by atoms with Crippen LogP contribution in [0.1, 0.15) is 12.0 Å². The predicted octanol–water partition coefficient (Wildman–Crippen LogP) is 3.44. The highest BCUT2D eigenvalue weighted by Crippen LogP contribution is 2.18. The van der Waals surface area contributed by atoms with Gasteiger partial charge in [-0.05, 0) is 36.5 Å². The van der Waals surface area contributed by atoms with E-state index in [0.29, 0.717) is 12.3 Å². The van der Waals surface area contributed by atoms with Crippen LogP contribution in [0.15, 0.2) is 28.7 Å². The summed E-state index contributed by atoms with van der Waals surface area (Å²) in [5.74, 6) is 0.621. The van der Waals surface area contributed by atoms with Gasteiger partial charge in [-0.3, -0.25) is 0 Å². The Bertz CT molecular complexity index is 457. The van der Waals surface area contributed by atoms with Gasteiger partial charge in [0.2, 0.25) is 0 Å². The van der Waals surface area contributed by atoms with E-state index >= 15 is 0 Å². The summed E-state index contributed by atoms with van der Waals surface area (Å²) in [6.07, 6.45) is 2.90. The lowest BCUT2D eigenvalue weighted by Crippen LogP contribution is -2.13. The van der Waals surface area contributed by atoms with Crippen LogP contribution in [0.4, 0.5) is 0 Å². The third kappa shape index (κ3) is 6.58. The van der Waals surface area contributed by atoms with E-state index in [4.69, 9.17) is 0 Å². The molecule has 0 amide bonds. The minimum absolute atomic E-state index is 0.261. The number of rotatable bonds is 6. The zero-order valence-corrected chi connectivity index (χ0v) is 13.7. The molecule has 17 heavy (non-hydrogen) atoms. The SMILES string of the molecule is CS(=O)(=O)CCC(CBr)Cc1cccc(Br)c1. The minimum Gasteiger partial charge on any atom is -0.229 e. The van der Waals surface area contributed by atoms with E-state index in [9.17, 15) is 8.42 Å². The Kier molecular flexibility index (Phi) is 6.17. The number of benzene rings is 1. The maximum Gasteiger partial charge on any atom is 0.147 e. The Morgan fingerprint density at radius 3 is 2.59 bits per heavy atom. The van der Waals surface area contributed by atoms with Crippen molar-refractivity contribution < 1.29 is 8.42 Å². The van der Waals surface area contributed by atoms with Gasteiger partial charge in [0.1, 0.15) is 9.84 Å². The Labute approximate surface area is 120 Å². The van der Waals surface area contributed by atoms with E-state index < -0.39 is 9.84 Å². The molecule has 0 saturated carbocycles. The van der Waals surface area contributed by atoms with Gasteiger partial charge in [0.15, 0.2) is 0 Å². The van der Waals surface area contributed by atoms with Crippen molar-refractivity contribution in [3.63, 3.8) is 0 Å². The fourth-order valence-corrected chi connectivity index (χ4v) is 3.37. The molecule has 5 heteroatoms. The van der Waals surface area contributed by atoms with Crippen molar-refractivity contribution in [2.75, 3.05) is 17.3 Å². The molecule has 2 nitrogen and oxygen atoms in total. The molecule has 1 atom stereocenters. The third-order valence-electron chi connectivity index (χ3n) is 2.53.